The highest BCUT2D eigenvalue weighted by atomic mass is 79.9. The van der Waals surface area contributed by atoms with Crippen molar-refractivity contribution in [3.63, 3.8) is 0 Å². The summed E-state index contributed by atoms with van der Waals surface area (Å²) in [5, 5.41) is 4.05. The predicted octanol–water partition coefficient (Wildman–Crippen LogP) is 2.80. The second kappa shape index (κ2) is 3.86. The van der Waals surface area contributed by atoms with Crippen LogP contribution in [0.2, 0.25) is 0 Å². The summed E-state index contributed by atoms with van der Waals surface area (Å²) in [6.07, 6.45) is 0. The Kier molecular flexibility index (Phi) is 2.67. The van der Waals surface area contributed by atoms with Crippen LogP contribution in [-0.2, 0) is 0 Å². The van der Waals surface area contributed by atoms with Crippen molar-refractivity contribution >= 4 is 21.7 Å². The van der Waals surface area contributed by atoms with E-state index in [0.29, 0.717) is 10.2 Å². The van der Waals surface area contributed by atoms with Crippen LogP contribution in [0.4, 0.5) is 14.6 Å². The van der Waals surface area contributed by atoms with Gasteiger partial charge < -0.3 is 5.73 Å². The van der Waals surface area contributed by atoms with E-state index in [1.807, 2.05) is 0 Å². The van der Waals surface area contributed by atoms with E-state index in [1.165, 1.54) is 10.7 Å². The van der Waals surface area contributed by atoms with Gasteiger partial charge in [0, 0.05) is 6.07 Å². The molecule has 0 aliphatic carbocycles. The Labute approximate surface area is 99.0 Å². The number of hydrogen-bond donors (Lipinski definition) is 1. The molecule has 16 heavy (non-hydrogen) atoms. The van der Waals surface area contributed by atoms with Crippen molar-refractivity contribution in [3.8, 4) is 5.69 Å². The molecule has 84 valence electrons. The number of rotatable bonds is 1. The van der Waals surface area contributed by atoms with Crippen LogP contribution in [0.1, 0.15) is 5.69 Å². The summed E-state index contributed by atoms with van der Waals surface area (Å²) >= 11 is 3.23. The predicted molar refractivity (Wildman–Crippen MR) is 60.3 cm³/mol. The molecule has 0 unspecified atom stereocenters. The second-order valence-electron chi connectivity index (χ2n) is 3.29. The number of nitrogens with two attached hydrogens (primary N) is 1. The number of nitrogens with zero attached hydrogens (tertiary/aromatic N) is 2. The van der Waals surface area contributed by atoms with Crippen molar-refractivity contribution in [3.05, 3.63) is 40.0 Å². The Morgan fingerprint density at radius 1 is 1.38 bits per heavy atom. The van der Waals surface area contributed by atoms with Gasteiger partial charge in [-0.25, -0.2) is 13.5 Å². The number of aromatic nitrogens is 2. The summed E-state index contributed by atoms with van der Waals surface area (Å²) in [5.41, 5.74) is 6.49. The van der Waals surface area contributed by atoms with Crippen molar-refractivity contribution in [1.29, 1.82) is 0 Å². The van der Waals surface area contributed by atoms with E-state index >= 15 is 0 Å². The summed E-state index contributed by atoms with van der Waals surface area (Å²) in [7, 11) is 0. The number of benzene rings is 1. The standard InChI is InChI=1S/C10H8BrF2N3/c1-5-9(11)10(14)16(15-5)8-3-2-6(12)4-7(8)13/h2-4H,14H2,1H3. The van der Waals surface area contributed by atoms with Crippen molar-refractivity contribution in [1.82, 2.24) is 9.78 Å². The molecular weight excluding hydrogens is 280 g/mol. The van der Waals surface area contributed by atoms with Gasteiger partial charge in [0.2, 0.25) is 0 Å². The Morgan fingerprint density at radius 3 is 2.56 bits per heavy atom. The Balaban J connectivity index is 2.63. The highest BCUT2D eigenvalue weighted by Gasteiger charge is 2.14. The Morgan fingerprint density at radius 2 is 2.06 bits per heavy atom. The summed E-state index contributed by atoms with van der Waals surface area (Å²) in [5.74, 6) is -1.06. The quantitative estimate of drug-likeness (QED) is 0.877. The van der Waals surface area contributed by atoms with Gasteiger partial charge in [-0.1, -0.05) is 0 Å². The molecule has 2 rings (SSSR count). The van der Waals surface area contributed by atoms with Crippen molar-refractivity contribution in [2.24, 2.45) is 0 Å². The van der Waals surface area contributed by atoms with Crippen molar-refractivity contribution in [2.75, 3.05) is 5.73 Å². The lowest BCUT2D eigenvalue weighted by Gasteiger charge is -2.05. The summed E-state index contributed by atoms with van der Waals surface area (Å²) in [4.78, 5) is 0. The fourth-order valence-corrected chi connectivity index (χ4v) is 1.61. The van der Waals surface area contributed by atoms with Crippen LogP contribution in [-0.4, -0.2) is 9.78 Å². The minimum absolute atomic E-state index is 0.118. The maximum absolute atomic E-state index is 13.5. The molecule has 0 spiro atoms. The first kappa shape index (κ1) is 11.1. The van der Waals surface area contributed by atoms with E-state index in [2.05, 4.69) is 21.0 Å². The molecular formula is C10H8BrF2N3. The molecule has 0 aliphatic heterocycles. The van der Waals surface area contributed by atoms with Gasteiger partial charge >= 0.3 is 0 Å². The normalized spacial score (nSPS) is 10.8. The monoisotopic (exact) mass is 287 g/mol. The van der Waals surface area contributed by atoms with Gasteiger partial charge in [-0.3, -0.25) is 0 Å². The van der Waals surface area contributed by atoms with E-state index in [9.17, 15) is 8.78 Å². The molecule has 2 N–H and O–H groups in total. The van der Waals surface area contributed by atoms with Crippen LogP contribution in [0.15, 0.2) is 22.7 Å². The molecule has 2 aromatic rings. The van der Waals surface area contributed by atoms with Crippen LogP contribution in [0, 0.1) is 18.6 Å². The van der Waals surface area contributed by atoms with Gasteiger partial charge in [0.25, 0.3) is 0 Å². The van der Waals surface area contributed by atoms with Crippen LogP contribution >= 0.6 is 15.9 Å². The van der Waals surface area contributed by atoms with E-state index in [4.69, 9.17) is 5.73 Å². The fraction of sp³-hybridized carbons (Fsp3) is 0.100. The summed E-state index contributed by atoms with van der Waals surface area (Å²) in [6, 6.07) is 3.24. The molecule has 0 atom stereocenters. The SMILES string of the molecule is Cc1nn(-c2ccc(F)cc2F)c(N)c1Br. The third kappa shape index (κ3) is 1.69. The number of aryl methyl sites for hydroxylation is 1. The maximum Gasteiger partial charge on any atom is 0.151 e. The molecule has 0 radical (unpaired) electrons. The molecule has 0 bridgehead atoms. The van der Waals surface area contributed by atoms with E-state index in [-0.39, 0.29) is 11.5 Å². The van der Waals surface area contributed by atoms with Gasteiger partial charge in [-0.05, 0) is 35.0 Å². The fourth-order valence-electron chi connectivity index (χ4n) is 1.36. The zero-order valence-electron chi connectivity index (χ0n) is 8.34. The minimum atomic E-state index is -0.707. The van der Waals surface area contributed by atoms with Gasteiger partial charge in [-0.2, -0.15) is 5.10 Å². The molecule has 0 amide bonds. The van der Waals surface area contributed by atoms with Gasteiger partial charge in [0.15, 0.2) is 5.82 Å². The second-order valence-corrected chi connectivity index (χ2v) is 4.09. The number of hydrogen-bond acceptors (Lipinski definition) is 2. The topological polar surface area (TPSA) is 43.8 Å². The first-order valence-electron chi connectivity index (χ1n) is 4.46. The Bertz CT molecular complexity index is 551. The zero-order valence-corrected chi connectivity index (χ0v) is 9.92. The average Bonchev–Trinajstić information content (AvgIpc) is 2.46. The largest absolute Gasteiger partial charge is 0.383 e. The third-order valence-corrected chi connectivity index (χ3v) is 3.14. The van der Waals surface area contributed by atoms with Gasteiger partial charge in [0.1, 0.15) is 17.3 Å². The first-order chi connectivity index (χ1) is 7.50. The number of anilines is 1. The van der Waals surface area contributed by atoms with E-state index < -0.39 is 11.6 Å². The lowest BCUT2D eigenvalue weighted by molar-refractivity contribution is 0.574. The highest BCUT2D eigenvalue weighted by Crippen LogP contribution is 2.27. The lowest BCUT2D eigenvalue weighted by atomic mass is 10.3. The van der Waals surface area contributed by atoms with Crippen LogP contribution in [0.3, 0.4) is 0 Å². The molecule has 3 nitrogen and oxygen atoms in total. The highest BCUT2D eigenvalue weighted by molar-refractivity contribution is 9.10. The van der Waals surface area contributed by atoms with Crippen molar-refractivity contribution in [2.45, 2.75) is 6.92 Å². The molecule has 0 fully saturated rings. The van der Waals surface area contributed by atoms with Crippen LogP contribution in [0.5, 0.6) is 0 Å². The molecule has 1 aromatic carbocycles. The summed E-state index contributed by atoms with van der Waals surface area (Å²) < 4.78 is 28.1. The average molecular weight is 288 g/mol. The maximum atomic E-state index is 13.5. The lowest BCUT2D eigenvalue weighted by Crippen LogP contribution is -2.04. The number of halogens is 3. The molecule has 0 saturated heterocycles. The molecule has 0 aliphatic rings. The molecule has 1 aromatic heterocycles. The summed E-state index contributed by atoms with van der Waals surface area (Å²) in [6.45, 7) is 1.73. The first-order valence-corrected chi connectivity index (χ1v) is 5.26. The molecule has 1 heterocycles. The van der Waals surface area contributed by atoms with Gasteiger partial charge in [-0.15, -0.1) is 0 Å². The van der Waals surface area contributed by atoms with E-state index in [1.54, 1.807) is 6.92 Å². The molecule has 6 heteroatoms. The zero-order chi connectivity index (χ0) is 11.9. The van der Waals surface area contributed by atoms with Crippen LogP contribution in [0.25, 0.3) is 5.69 Å². The van der Waals surface area contributed by atoms with E-state index in [0.717, 1.165) is 12.1 Å². The smallest absolute Gasteiger partial charge is 0.151 e. The Hall–Kier alpha value is -1.43. The van der Waals surface area contributed by atoms with Crippen LogP contribution < -0.4 is 5.73 Å². The van der Waals surface area contributed by atoms with Crippen molar-refractivity contribution < 1.29 is 8.78 Å². The third-order valence-electron chi connectivity index (χ3n) is 2.16. The molecule has 0 saturated carbocycles. The minimum Gasteiger partial charge on any atom is -0.383 e. The number of nitrogen functional groups attached to an aromatic ring is 1. The van der Waals surface area contributed by atoms with Gasteiger partial charge in [0.05, 0.1) is 10.2 Å².